The van der Waals surface area contributed by atoms with Crippen LogP contribution in [-0.4, -0.2) is 24.9 Å². The summed E-state index contributed by atoms with van der Waals surface area (Å²) in [4.78, 5) is 21.3. The first-order chi connectivity index (χ1) is 12.3. The van der Waals surface area contributed by atoms with Gasteiger partial charge in [0.15, 0.2) is 11.6 Å². The van der Waals surface area contributed by atoms with Crippen LogP contribution < -0.4 is 0 Å². The monoisotopic (exact) mass is 345 g/mol. The number of hydrogen-bond donors (Lipinski definition) is 0. The fraction of sp³-hybridized carbons (Fsp3) is 0. The Morgan fingerprint density at radius 3 is 2.16 bits per heavy atom. The van der Waals surface area contributed by atoms with Gasteiger partial charge >= 0.3 is 0 Å². The van der Waals surface area contributed by atoms with Crippen LogP contribution in [0.1, 0.15) is 0 Å². The average Bonchev–Trinajstić information content (AvgIpc) is 2.69. The van der Waals surface area contributed by atoms with E-state index in [1.54, 1.807) is 6.20 Å². The fourth-order valence-corrected chi connectivity index (χ4v) is 2.63. The molecule has 0 aliphatic carbocycles. The summed E-state index contributed by atoms with van der Waals surface area (Å²) in [6.07, 6.45) is 3.23. The van der Waals surface area contributed by atoms with Gasteiger partial charge in [-0.25, -0.2) is 15.0 Å². The first-order valence-corrected chi connectivity index (χ1v) is 8.01. The largest absolute Gasteiger partial charge is 0.245 e. The van der Waals surface area contributed by atoms with Crippen LogP contribution in [0, 0.1) is 0 Å². The van der Waals surface area contributed by atoms with Crippen LogP contribution in [0.4, 0.5) is 0 Å². The van der Waals surface area contributed by atoms with Crippen LogP contribution >= 0.6 is 11.6 Å². The van der Waals surface area contributed by atoms with Crippen molar-refractivity contribution in [3.63, 3.8) is 0 Å². The second-order valence-electron chi connectivity index (χ2n) is 5.29. The van der Waals surface area contributed by atoms with Crippen molar-refractivity contribution in [1.82, 2.24) is 24.9 Å². The lowest BCUT2D eigenvalue weighted by Crippen LogP contribution is -1.97. The maximum atomic E-state index is 6.12. The van der Waals surface area contributed by atoms with Crippen LogP contribution in [0.5, 0.6) is 0 Å². The third kappa shape index (κ3) is 3.36. The lowest BCUT2D eigenvalue weighted by atomic mass is 10.1. The quantitative estimate of drug-likeness (QED) is 0.553. The molecule has 25 heavy (non-hydrogen) atoms. The number of benzene rings is 2. The highest BCUT2D eigenvalue weighted by atomic mass is 35.5. The Kier molecular flexibility index (Phi) is 4.14. The summed E-state index contributed by atoms with van der Waals surface area (Å²) in [5, 5.41) is 0.163. The maximum absolute atomic E-state index is 6.12. The van der Waals surface area contributed by atoms with Gasteiger partial charge in [-0.15, -0.1) is 0 Å². The Morgan fingerprint density at radius 1 is 0.680 bits per heavy atom. The summed E-state index contributed by atoms with van der Waals surface area (Å²) in [5.74, 6) is 1.07. The van der Waals surface area contributed by atoms with Crippen molar-refractivity contribution in [1.29, 1.82) is 0 Å². The average molecular weight is 346 g/mol. The van der Waals surface area contributed by atoms with Crippen molar-refractivity contribution >= 4 is 11.6 Å². The molecule has 0 N–H and O–H groups in total. The molecule has 0 fully saturated rings. The van der Waals surface area contributed by atoms with Gasteiger partial charge in [-0.05, 0) is 23.7 Å². The Morgan fingerprint density at radius 2 is 1.40 bits per heavy atom. The first kappa shape index (κ1) is 15.4. The van der Waals surface area contributed by atoms with E-state index in [0.717, 1.165) is 22.4 Å². The Bertz CT molecular complexity index is 1010. The molecule has 0 aliphatic heterocycles. The summed E-state index contributed by atoms with van der Waals surface area (Å²) < 4.78 is 0. The van der Waals surface area contributed by atoms with Gasteiger partial charge in [0.1, 0.15) is 6.33 Å². The third-order valence-corrected chi connectivity index (χ3v) is 3.81. The number of aromatic nitrogens is 5. The van der Waals surface area contributed by atoms with E-state index in [-0.39, 0.29) is 5.28 Å². The molecule has 0 saturated heterocycles. The lowest BCUT2D eigenvalue weighted by molar-refractivity contribution is 1.07. The molecule has 0 amide bonds. The van der Waals surface area contributed by atoms with E-state index in [2.05, 4.69) is 24.9 Å². The van der Waals surface area contributed by atoms with E-state index in [1.807, 2.05) is 60.7 Å². The SMILES string of the molecule is Clc1nc(-c2ccccc2)nc(-c2cccc(-c3ccncn3)c2)n1. The molecule has 2 aromatic carbocycles. The van der Waals surface area contributed by atoms with Crippen LogP contribution in [0.15, 0.2) is 73.2 Å². The number of halogens is 1. The molecule has 4 aromatic rings. The Balaban J connectivity index is 1.79. The fourth-order valence-electron chi connectivity index (χ4n) is 2.47. The summed E-state index contributed by atoms with van der Waals surface area (Å²) in [5.41, 5.74) is 3.52. The van der Waals surface area contributed by atoms with Crippen molar-refractivity contribution in [2.24, 2.45) is 0 Å². The molecule has 2 aromatic heterocycles. The Hall–Kier alpha value is -3.18. The molecule has 0 bridgehead atoms. The molecule has 4 rings (SSSR count). The number of rotatable bonds is 3. The van der Waals surface area contributed by atoms with Gasteiger partial charge in [0, 0.05) is 22.9 Å². The smallest absolute Gasteiger partial charge is 0.226 e. The molecular formula is C19H12ClN5. The normalized spacial score (nSPS) is 10.6. The number of nitrogens with zero attached hydrogens (tertiary/aromatic N) is 5. The topological polar surface area (TPSA) is 64.5 Å². The van der Waals surface area contributed by atoms with Gasteiger partial charge in [0.05, 0.1) is 5.69 Å². The minimum absolute atomic E-state index is 0.163. The van der Waals surface area contributed by atoms with Crippen molar-refractivity contribution in [2.75, 3.05) is 0 Å². The molecular weight excluding hydrogens is 334 g/mol. The Labute approximate surface area is 149 Å². The van der Waals surface area contributed by atoms with Crippen molar-refractivity contribution < 1.29 is 0 Å². The zero-order valence-electron chi connectivity index (χ0n) is 13.0. The van der Waals surface area contributed by atoms with Gasteiger partial charge in [-0.2, -0.15) is 9.97 Å². The van der Waals surface area contributed by atoms with Crippen LogP contribution in [-0.2, 0) is 0 Å². The molecule has 120 valence electrons. The van der Waals surface area contributed by atoms with Gasteiger partial charge in [0.25, 0.3) is 0 Å². The van der Waals surface area contributed by atoms with E-state index in [4.69, 9.17) is 11.6 Å². The zero-order chi connectivity index (χ0) is 17.1. The lowest BCUT2D eigenvalue weighted by Gasteiger charge is -2.06. The highest BCUT2D eigenvalue weighted by Crippen LogP contribution is 2.25. The minimum atomic E-state index is 0.163. The molecule has 0 unspecified atom stereocenters. The molecule has 0 spiro atoms. The van der Waals surface area contributed by atoms with Gasteiger partial charge in [-0.3, -0.25) is 0 Å². The van der Waals surface area contributed by atoms with Gasteiger partial charge in [-0.1, -0.05) is 48.5 Å². The third-order valence-electron chi connectivity index (χ3n) is 3.64. The van der Waals surface area contributed by atoms with Gasteiger partial charge < -0.3 is 0 Å². The molecule has 0 saturated carbocycles. The van der Waals surface area contributed by atoms with E-state index >= 15 is 0 Å². The van der Waals surface area contributed by atoms with Crippen LogP contribution in [0.2, 0.25) is 5.28 Å². The highest BCUT2D eigenvalue weighted by molar-refractivity contribution is 6.28. The minimum Gasteiger partial charge on any atom is -0.245 e. The van der Waals surface area contributed by atoms with Crippen molar-refractivity contribution in [3.8, 4) is 34.0 Å². The molecule has 6 heteroatoms. The van der Waals surface area contributed by atoms with Crippen LogP contribution in [0.3, 0.4) is 0 Å². The molecule has 0 atom stereocenters. The second kappa shape index (κ2) is 6.75. The number of hydrogen-bond acceptors (Lipinski definition) is 5. The highest BCUT2D eigenvalue weighted by Gasteiger charge is 2.10. The van der Waals surface area contributed by atoms with E-state index in [1.165, 1.54) is 6.33 Å². The standard InChI is InChI=1S/C19H12ClN5/c20-19-24-17(13-5-2-1-3-6-13)23-18(25-19)15-8-4-7-14(11-15)16-9-10-21-12-22-16/h1-12H. The van der Waals surface area contributed by atoms with Crippen LogP contribution in [0.25, 0.3) is 34.0 Å². The van der Waals surface area contributed by atoms with E-state index in [0.29, 0.717) is 11.6 Å². The van der Waals surface area contributed by atoms with Crippen molar-refractivity contribution in [2.45, 2.75) is 0 Å². The molecule has 0 radical (unpaired) electrons. The maximum Gasteiger partial charge on any atom is 0.226 e. The summed E-state index contributed by atoms with van der Waals surface area (Å²) >= 11 is 6.12. The van der Waals surface area contributed by atoms with Crippen molar-refractivity contribution in [3.05, 3.63) is 78.5 Å². The zero-order valence-corrected chi connectivity index (χ0v) is 13.8. The predicted octanol–water partition coefficient (Wildman–Crippen LogP) is 4.32. The van der Waals surface area contributed by atoms with E-state index < -0.39 is 0 Å². The summed E-state index contributed by atoms with van der Waals surface area (Å²) in [6.45, 7) is 0. The van der Waals surface area contributed by atoms with Gasteiger partial charge in [0.2, 0.25) is 5.28 Å². The summed E-state index contributed by atoms with van der Waals surface area (Å²) in [6, 6.07) is 19.4. The molecule has 5 nitrogen and oxygen atoms in total. The predicted molar refractivity (Wildman–Crippen MR) is 96.7 cm³/mol. The summed E-state index contributed by atoms with van der Waals surface area (Å²) in [7, 11) is 0. The first-order valence-electron chi connectivity index (χ1n) is 7.63. The second-order valence-corrected chi connectivity index (χ2v) is 5.63. The van der Waals surface area contributed by atoms with E-state index in [9.17, 15) is 0 Å². The molecule has 0 aliphatic rings. The molecule has 2 heterocycles.